The maximum Gasteiger partial charge on any atom is 0.418 e. The molecule has 0 atom stereocenters. The molecule has 1 heterocycles. The number of halogens is 5. The Morgan fingerprint density at radius 1 is 1.43 bits per heavy atom. The van der Waals surface area contributed by atoms with Crippen LogP contribution >= 0.6 is 0 Å². The van der Waals surface area contributed by atoms with Crippen LogP contribution in [0.15, 0.2) is 6.07 Å². The van der Waals surface area contributed by atoms with Crippen molar-refractivity contribution in [3.63, 3.8) is 0 Å². The second kappa shape index (κ2) is 6.79. The van der Waals surface area contributed by atoms with Crippen molar-refractivity contribution >= 4 is 5.97 Å². The van der Waals surface area contributed by atoms with E-state index in [2.05, 4.69) is 9.72 Å². The van der Waals surface area contributed by atoms with Crippen molar-refractivity contribution < 1.29 is 31.5 Å². The number of aromatic nitrogens is 1. The largest absolute Gasteiger partial charge is 0.466 e. The predicted octanol–water partition coefficient (Wildman–Crippen LogP) is 2.60. The summed E-state index contributed by atoms with van der Waals surface area (Å²) in [6.07, 6.45) is -8.94. The van der Waals surface area contributed by atoms with Crippen molar-refractivity contribution in [1.82, 2.24) is 4.98 Å². The first-order valence-electron chi connectivity index (χ1n) is 5.94. The van der Waals surface area contributed by atoms with Crippen molar-refractivity contribution in [2.75, 3.05) is 6.61 Å². The third-order valence-corrected chi connectivity index (χ3v) is 2.52. The molecule has 118 valence electrons. The average Bonchev–Trinajstić information content (AvgIpc) is 2.36. The Balaban J connectivity index is 3.33. The van der Waals surface area contributed by atoms with Gasteiger partial charge in [-0.1, -0.05) is 0 Å². The summed E-state index contributed by atoms with van der Waals surface area (Å²) >= 11 is 0. The van der Waals surface area contributed by atoms with E-state index in [4.69, 9.17) is 5.73 Å². The predicted molar refractivity (Wildman–Crippen MR) is 62.4 cm³/mol. The summed E-state index contributed by atoms with van der Waals surface area (Å²) in [7, 11) is 0. The monoisotopic (exact) mass is 312 g/mol. The van der Waals surface area contributed by atoms with E-state index < -0.39 is 48.4 Å². The quantitative estimate of drug-likeness (QED) is 0.670. The first-order valence-corrected chi connectivity index (χ1v) is 5.94. The van der Waals surface area contributed by atoms with Gasteiger partial charge in [-0.2, -0.15) is 13.2 Å². The van der Waals surface area contributed by atoms with Gasteiger partial charge in [-0.15, -0.1) is 0 Å². The van der Waals surface area contributed by atoms with Crippen molar-refractivity contribution in [2.45, 2.75) is 32.5 Å². The molecule has 0 fully saturated rings. The molecule has 0 aliphatic heterocycles. The standard InChI is InChI=1S/C12H13F5N2O2/c1-2-21-8(20)4-7-3-6(5-18)9(12(15,16)17)10(19-7)11(13)14/h3,11H,2,4-5,18H2,1H3. The number of rotatable bonds is 5. The van der Waals surface area contributed by atoms with Crippen molar-refractivity contribution in [3.8, 4) is 0 Å². The van der Waals surface area contributed by atoms with Gasteiger partial charge in [0.1, 0.15) is 5.69 Å². The number of esters is 1. The number of ether oxygens (including phenoxy) is 1. The molecule has 0 spiro atoms. The SMILES string of the molecule is CCOC(=O)Cc1cc(CN)c(C(F)(F)F)c(C(F)F)n1. The highest BCUT2D eigenvalue weighted by Crippen LogP contribution is 2.38. The average molecular weight is 312 g/mol. The highest BCUT2D eigenvalue weighted by atomic mass is 19.4. The molecule has 2 N–H and O–H groups in total. The molecule has 1 rings (SSSR count). The lowest BCUT2D eigenvalue weighted by Crippen LogP contribution is -2.19. The summed E-state index contributed by atoms with van der Waals surface area (Å²) in [5.41, 5.74) is 1.44. The lowest BCUT2D eigenvalue weighted by Gasteiger charge is -2.17. The molecule has 9 heteroatoms. The van der Waals surface area contributed by atoms with E-state index in [-0.39, 0.29) is 12.3 Å². The minimum Gasteiger partial charge on any atom is -0.466 e. The molecule has 0 saturated heterocycles. The summed E-state index contributed by atoms with van der Waals surface area (Å²) in [5, 5.41) is 0. The number of hydrogen-bond donors (Lipinski definition) is 1. The van der Waals surface area contributed by atoms with Crippen LogP contribution in [-0.2, 0) is 28.7 Å². The van der Waals surface area contributed by atoms with Gasteiger partial charge >= 0.3 is 12.1 Å². The number of alkyl halides is 5. The zero-order valence-electron chi connectivity index (χ0n) is 11.0. The van der Waals surface area contributed by atoms with Gasteiger partial charge in [0.15, 0.2) is 0 Å². The van der Waals surface area contributed by atoms with Crippen molar-refractivity contribution in [3.05, 3.63) is 28.6 Å². The highest BCUT2D eigenvalue weighted by Gasteiger charge is 2.39. The van der Waals surface area contributed by atoms with Crippen LogP contribution in [-0.4, -0.2) is 17.6 Å². The summed E-state index contributed by atoms with van der Waals surface area (Å²) < 4.78 is 68.8. The molecule has 0 amide bonds. The molecule has 0 saturated carbocycles. The zero-order chi connectivity index (χ0) is 16.2. The lowest BCUT2D eigenvalue weighted by atomic mass is 10.0. The number of pyridine rings is 1. The van der Waals surface area contributed by atoms with E-state index in [0.717, 1.165) is 6.07 Å². The van der Waals surface area contributed by atoms with Crippen LogP contribution in [0.1, 0.15) is 35.9 Å². The molecule has 21 heavy (non-hydrogen) atoms. The molecular formula is C12H13F5N2O2. The van der Waals surface area contributed by atoms with Crippen molar-refractivity contribution in [2.24, 2.45) is 5.73 Å². The van der Waals surface area contributed by atoms with E-state index in [1.165, 1.54) is 6.92 Å². The third kappa shape index (κ3) is 4.35. The molecule has 1 aromatic rings. The summed E-state index contributed by atoms with van der Waals surface area (Å²) in [5.74, 6) is -0.770. The molecule has 0 aliphatic carbocycles. The number of carbonyl (C=O) groups is 1. The Morgan fingerprint density at radius 2 is 2.05 bits per heavy atom. The van der Waals surface area contributed by atoms with E-state index >= 15 is 0 Å². The molecular weight excluding hydrogens is 299 g/mol. The number of hydrogen-bond acceptors (Lipinski definition) is 4. The fraction of sp³-hybridized carbons (Fsp3) is 0.500. The van der Waals surface area contributed by atoms with Gasteiger partial charge in [0.2, 0.25) is 0 Å². The van der Waals surface area contributed by atoms with Gasteiger partial charge in [0.25, 0.3) is 6.43 Å². The van der Waals surface area contributed by atoms with Gasteiger partial charge < -0.3 is 10.5 Å². The summed E-state index contributed by atoms with van der Waals surface area (Å²) in [4.78, 5) is 14.5. The smallest absolute Gasteiger partial charge is 0.418 e. The Labute approximate surface area is 117 Å². The molecule has 0 radical (unpaired) electrons. The number of nitrogens with two attached hydrogens (primary N) is 1. The van der Waals surface area contributed by atoms with E-state index in [9.17, 15) is 26.7 Å². The molecule has 0 unspecified atom stereocenters. The number of nitrogens with zero attached hydrogens (tertiary/aromatic N) is 1. The topological polar surface area (TPSA) is 65.2 Å². The van der Waals surface area contributed by atoms with Crippen LogP contribution in [0.25, 0.3) is 0 Å². The minimum atomic E-state index is -5.00. The van der Waals surface area contributed by atoms with E-state index in [0.29, 0.717) is 0 Å². The minimum absolute atomic E-state index is 0.0604. The third-order valence-electron chi connectivity index (χ3n) is 2.52. The normalized spacial score (nSPS) is 11.8. The van der Waals surface area contributed by atoms with Gasteiger partial charge in [0.05, 0.1) is 24.3 Å². The van der Waals surface area contributed by atoms with Crippen LogP contribution in [0.4, 0.5) is 22.0 Å². The Morgan fingerprint density at radius 3 is 2.48 bits per heavy atom. The fourth-order valence-corrected chi connectivity index (χ4v) is 1.78. The molecule has 0 aliphatic rings. The molecule has 4 nitrogen and oxygen atoms in total. The van der Waals surface area contributed by atoms with Gasteiger partial charge in [-0.25, -0.2) is 8.78 Å². The molecule has 1 aromatic heterocycles. The Kier molecular flexibility index (Phi) is 5.59. The lowest BCUT2D eigenvalue weighted by molar-refractivity contribution is -0.142. The van der Waals surface area contributed by atoms with E-state index in [1.54, 1.807) is 0 Å². The maximum atomic E-state index is 12.9. The first-order chi connectivity index (χ1) is 9.70. The Bertz CT molecular complexity index is 517. The van der Waals surface area contributed by atoms with Gasteiger partial charge in [-0.05, 0) is 18.6 Å². The molecule has 0 aromatic carbocycles. The van der Waals surface area contributed by atoms with Crippen LogP contribution < -0.4 is 5.73 Å². The maximum absolute atomic E-state index is 12.9. The summed E-state index contributed by atoms with van der Waals surface area (Å²) in [6, 6.07) is 0.894. The fourth-order valence-electron chi connectivity index (χ4n) is 1.78. The second-order valence-electron chi connectivity index (χ2n) is 4.02. The Hall–Kier alpha value is -1.77. The van der Waals surface area contributed by atoms with Crippen molar-refractivity contribution in [1.29, 1.82) is 0 Å². The zero-order valence-corrected chi connectivity index (χ0v) is 11.0. The van der Waals surface area contributed by atoms with Gasteiger partial charge in [0, 0.05) is 6.54 Å². The van der Waals surface area contributed by atoms with Crippen LogP contribution in [0.3, 0.4) is 0 Å². The second-order valence-corrected chi connectivity index (χ2v) is 4.02. The highest BCUT2D eigenvalue weighted by molar-refractivity contribution is 5.72. The summed E-state index contributed by atoms with van der Waals surface area (Å²) in [6.45, 7) is 0.992. The van der Waals surface area contributed by atoms with Gasteiger partial charge in [-0.3, -0.25) is 9.78 Å². The van der Waals surface area contributed by atoms with E-state index in [1.807, 2.05) is 0 Å². The first kappa shape index (κ1) is 17.3. The number of carbonyl (C=O) groups excluding carboxylic acids is 1. The van der Waals surface area contributed by atoms with Crippen LogP contribution in [0.5, 0.6) is 0 Å². The van der Waals surface area contributed by atoms with Crippen LogP contribution in [0.2, 0.25) is 0 Å². The molecule has 0 bridgehead atoms. The van der Waals surface area contributed by atoms with Crippen LogP contribution in [0, 0.1) is 0 Å².